The van der Waals surface area contributed by atoms with Crippen molar-refractivity contribution in [2.24, 2.45) is 5.73 Å². The van der Waals surface area contributed by atoms with E-state index in [1.165, 1.54) is 0 Å². The van der Waals surface area contributed by atoms with Crippen molar-refractivity contribution in [2.75, 3.05) is 0 Å². The number of carbonyl (C=O) groups is 1. The van der Waals surface area contributed by atoms with Gasteiger partial charge in [0.25, 0.3) is 5.91 Å². The summed E-state index contributed by atoms with van der Waals surface area (Å²) in [5.41, 5.74) is 3.86. The number of alkyl halides is 3. The standard InChI is InChI=1S/C7H4F3IN2O/c8-7(9,10)5-1-4(11)3(2-13-5)6(12)14/h1-2H,(H2,12,14). The van der Waals surface area contributed by atoms with Crippen LogP contribution in [0, 0.1) is 3.57 Å². The lowest BCUT2D eigenvalue weighted by atomic mass is 10.2. The molecule has 1 rings (SSSR count). The normalized spacial score (nSPS) is 11.4. The van der Waals surface area contributed by atoms with Crippen LogP contribution in [-0.2, 0) is 6.18 Å². The molecule has 0 saturated heterocycles. The van der Waals surface area contributed by atoms with Crippen LogP contribution < -0.4 is 5.73 Å². The number of primary amides is 1. The van der Waals surface area contributed by atoms with Crippen LogP contribution in [0.4, 0.5) is 13.2 Å². The van der Waals surface area contributed by atoms with Gasteiger partial charge in [-0.05, 0) is 28.7 Å². The number of hydrogen-bond donors (Lipinski definition) is 1. The number of halogens is 4. The van der Waals surface area contributed by atoms with Crippen LogP contribution in [0.1, 0.15) is 16.1 Å². The molecule has 3 nitrogen and oxygen atoms in total. The van der Waals surface area contributed by atoms with Gasteiger partial charge < -0.3 is 5.73 Å². The zero-order valence-corrected chi connectivity index (χ0v) is 8.76. The van der Waals surface area contributed by atoms with Crippen LogP contribution >= 0.6 is 22.6 Å². The van der Waals surface area contributed by atoms with E-state index in [0.717, 1.165) is 12.3 Å². The lowest BCUT2D eigenvalue weighted by Crippen LogP contribution is -2.15. The molecule has 1 aromatic heterocycles. The number of amides is 1. The Morgan fingerprint density at radius 2 is 2.07 bits per heavy atom. The molecule has 0 bridgehead atoms. The van der Waals surface area contributed by atoms with Gasteiger partial charge in [-0.2, -0.15) is 13.2 Å². The minimum atomic E-state index is -4.50. The highest BCUT2D eigenvalue weighted by atomic mass is 127. The molecule has 0 spiro atoms. The first kappa shape index (κ1) is 11.2. The molecule has 1 heterocycles. The highest BCUT2D eigenvalue weighted by Crippen LogP contribution is 2.28. The van der Waals surface area contributed by atoms with Gasteiger partial charge in [0, 0.05) is 9.77 Å². The molecule has 14 heavy (non-hydrogen) atoms. The summed E-state index contributed by atoms with van der Waals surface area (Å²) in [4.78, 5) is 13.8. The molecule has 1 aromatic rings. The number of nitrogens with two attached hydrogens (primary N) is 1. The number of rotatable bonds is 1. The number of aromatic nitrogens is 1. The zero-order chi connectivity index (χ0) is 10.9. The summed E-state index contributed by atoms with van der Waals surface area (Å²) in [7, 11) is 0. The van der Waals surface area contributed by atoms with E-state index in [2.05, 4.69) is 4.98 Å². The Balaban J connectivity index is 3.20. The van der Waals surface area contributed by atoms with E-state index in [1.54, 1.807) is 22.6 Å². The molecule has 0 unspecified atom stereocenters. The average Bonchev–Trinajstić information content (AvgIpc) is 2.01. The third kappa shape index (κ3) is 2.34. The van der Waals surface area contributed by atoms with Gasteiger partial charge >= 0.3 is 6.18 Å². The summed E-state index contributed by atoms with van der Waals surface area (Å²) < 4.78 is 36.5. The first-order valence-electron chi connectivity index (χ1n) is 3.35. The molecule has 0 fully saturated rings. The number of pyridine rings is 1. The first-order valence-corrected chi connectivity index (χ1v) is 4.43. The van der Waals surface area contributed by atoms with Crippen molar-refractivity contribution in [3.63, 3.8) is 0 Å². The van der Waals surface area contributed by atoms with Crippen LogP contribution in [0.3, 0.4) is 0 Å². The van der Waals surface area contributed by atoms with Crippen molar-refractivity contribution in [3.8, 4) is 0 Å². The monoisotopic (exact) mass is 316 g/mol. The van der Waals surface area contributed by atoms with Crippen LogP contribution in [0.5, 0.6) is 0 Å². The van der Waals surface area contributed by atoms with E-state index in [0.29, 0.717) is 0 Å². The molecule has 0 aliphatic carbocycles. The molecule has 0 saturated carbocycles. The molecular weight excluding hydrogens is 312 g/mol. The van der Waals surface area contributed by atoms with Crippen molar-refractivity contribution in [2.45, 2.75) is 6.18 Å². The lowest BCUT2D eigenvalue weighted by molar-refractivity contribution is -0.141. The largest absolute Gasteiger partial charge is 0.433 e. The molecule has 0 aromatic carbocycles. The second-order valence-electron chi connectivity index (χ2n) is 2.41. The molecule has 7 heteroatoms. The van der Waals surface area contributed by atoms with Gasteiger partial charge in [-0.25, -0.2) is 0 Å². The van der Waals surface area contributed by atoms with Gasteiger partial charge in [-0.3, -0.25) is 9.78 Å². The molecule has 76 valence electrons. The quantitative estimate of drug-likeness (QED) is 0.803. The number of carbonyl (C=O) groups excluding carboxylic acids is 1. The van der Waals surface area contributed by atoms with Crippen molar-refractivity contribution < 1.29 is 18.0 Å². The van der Waals surface area contributed by atoms with Crippen molar-refractivity contribution in [1.82, 2.24) is 4.98 Å². The van der Waals surface area contributed by atoms with Crippen molar-refractivity contribution >= 4 is 28.5 Å². The van der Waals surface area contributed by atoms with Crippen molar-refractivity contribution in [1.29, 1.82) is 0 Å². The van der Waals surface area contributed by atoms with Gasteiger partial charge in [-0.1, -0.05) is 0 Å². The first-order chi connectivity index (χ1) is 6.32. The van der Waals surface area contributed by atoms with E-state index in [-0.39, 0.29) is 9.13 Å². The summed E-state index contributed by atoms with van der Waals surface area (Å²) >= 11 is 1.60. The van der Waals surface area contributed by atoms with E-state index < -0.39 is 17.8 Å². The Morgan fingerprint density at radius 1 is 1.50 bits per heavy atom. The Kier molecular flexibility index (Phi) is 2.98. The molecule has 0 atom stereocenters. The highest BCUT2D eigenvalue weighted by molar-refractivity contribution is 14.1. The van der Waals surface area contributed by atoms with E-state index in [4.69, 9.17) is 5.73 Å². The smallest absolute Gasteiger partial charge is 0.366 e. The fourth-order valence-electron chi connectivity index (χ4n) is 0.767. The molecule has 0 aliphatic heterocycles. The topological polar surface area (TPSA) is 56.0 Å². The molecule has 0 radical (unpaired) electrons. The second-order valence-corrected chi connectivity index (χ2v) is 3.57. The van der Waals surface area contributed by atoms with Gasteiger partial charge in [0.2, 0.25) is 0 Å². The number of nitrogens with zero attached hydrogens (tertiary/aromatic N) is 1. The molecular formula is C7H4F3IN2O. The summed E-state index contributed by atoms with van der Waals surface area (Å²) in [6, 6.07) is 0.778. The van der Waals surface area contributed by atoms with Crippen LogP contribution in [0.25, 0.3) is 0 Å². The van der Waals surface area contributed by atoms with E-state index in [9.17, 15) is 18.0 Å². The number of hydrogen-bond acceptors (Lipinski definition) is 2. The predicted octanol–water partition coefficient (Wildman–Crippen LogP) is 1.80. The average molecular weight is 316 g/mol. The maximum Gasteiger partial charge on any atom is 0.433 e. The Hall–Kier alpha value is -0.860. The Morgan fingerprint density at radius 3 is 2.43 bits per heavy atom. The minimum Gasteiger partial charge on any atom is -0.366 e. The van der Waals surface area contributed by atoms with E-state index >= 15 is 0 Å². The van der Waals surface area contributed by atoms with Crippen LogP contribution in [-0.4, -0.2) is 10.9 Å². The summed E-state index contributed by atoms with van der Waals surface area (Å²) in [6.45, 7) is 0. The Bertz CT molecular complexity index is 378. The highest BCUT2D eigenvalue weighted by Gasteiger charge is 2.33. The van der Waals surface area contributed by atoms with Crippen molar-refractivity contribution in [3.05, 3.63) is 27.1 Å². The van der Waals surface area contributed by atoms with Gasteiger partial charge in [0.05, 0.1) is 5.56 Å². The van der Waals surface area contributed by atoms with Gasteiger partial charge in [-0.15, -0.1) is 0 Å². The third-order valence-electron chi connectivity index (χ3n) is 1.41. The summed E-state index contributed by atoms with van der Waals surface area (Å²) in [6.07, 6.45) is -3.68. The van der Waals surface area contributed by atoms with Gasteiger partial charge in [0.15, 0.2) is 0 Å². The predicted molar refractivity (Wildman–Crippen MR) is 50.5 cm³/mol. The second kappa shape index (κ2) is 3.71. The molecule has 2 N–H and O–H groups in total. The molecule has 1 amide bonds. The fourth-order valence-corrected chi connectivity index (χ4v) is 1.47. The maximum absolute atomic E-state index is 12.1. The Labute approximate surface area is 90.6 Å². The zero-order valence-electron chi connectivity index (χ0n) is 6.60. The SMILES string of the molecule is NC(=O)c1cnc(C(F)(F)F)cc1I. The maximum atomic E-state index is 12.1. The summed E-state index contributed by atoms with van der Waals surface area (Å²) in [5.74, 6) is -0.796. The third-order valence-corrected chi connectivity index (χ3v) is 2.30. The van der Waals surface area contributed by atoms with Crippen LogP contribution in [0.2, 0.25) is 0 Å². The van der Waals surface area contributed by atoms with Gasteiger partial charge in [0.1, 0.15) is 5.69 Å². The van der Waals surface area contributed by atoms with E-state index in [1.807, 2.05) is 0 Å². The summed E-state index contributed by atoms with van der Waals surface area (Å²) in [5, 5.41) is 0. The lowest BCUT2D eigenvalue weighted by Gasteiger charge is -2.06. The minimum absolute atomic E-state index is 0.0152. The molecule has 0 aliphatic rings. The fraction of sp³-hybridized carbons (Fsp3) is 0.143. The van der Waals surface area contributed by atoms with Crippen LogP contribution in [0.15, 0.2) is 12.3 Å².